The molecular formula is C16H21ClN2S. The number of hydrogen-bond donors (Lipinski definition) is 0. The molecule has 0 spiro atoms. The highest BCUT2D eigenvalue weighted by molar-refractivity contribution is 7.19. The molecule has 1 aliphatic heterocycles. The zero-order valence-electron chi connectivity index (χ0n) is 11.9. The molecule has 0 bridgehead atoms. The lowest BCUT2D eigenvalue weighted by molar-refractivity contribution is 0.153. The van der Waals surface area contributed by atoms with Gasteiger partial charge in [-0.1, -0.05) is 17.7 Å². The molecule has 2 nitrogen and oxygen atoms in total. The van der Waals surface area contributed by atoms with E-state index in [1.54, 1.807) is 0 Å². The standard InChI is InChI=1S/C16H21ClN2S/c1-18-8-10-19(11-9-18)7-3-4-13-12-14-15(17)5-2-6-16(14)20-13/h2,5-6,12H,3-4,7-11H2,1H3. The molecule has 20 heavy (non-hydrogen) atoms. The second-order valence-electron chi connectivity index (χ2n) is 5.61. The number of rotatable bonds is 4. The molecule has 1 saturated heterocycles. The maximum Gasteiger partial charge on any atom is 0.0492 e. The molecule has 0 N–H and O–H groups in total. The fourth-order valence-corrected chi connectivity index (χ4v) is 4.17. The van der Waals surface area contributed by atoms with Crippen LogP contribution in [-0.4, -0.2) is 49.6 Å². The first-order chi connectivity index (χ1) is 9.72. The quantitative estimate of drug-likeness (QED) is 0.849. The van der Waals surface area contributed by atoms with Gasteiger partial charge in [-0.05, 0) is 44.6 Å². The molecule has 0 unspecified atom stereocenters. The van der Waals surface area contributed by atoms with Gasteiger partial charge in [0.05, 0.1) is 0 Å². The Morgan fingerprint density at radius 2 is 2.00 bits per heavy atom. The van der Waals surface area contributed by atoms with Gasteiger partial charge in [-0.3, -0.25) is 0 Å². The molecule has 1 fully saturated rings. The van der Waals surface area contributed by atoms with Crippen molar-refractivity contribution in [3.05, 3.63) is 34.2 Å². The number of thiophene rings is 1. The van der Waals surface area contributed by atoms with Gasteiger partial charge in [-0.15, -0.1) is 11.3 Å². The number of likely N-dealkylation sites (N-methyl/N-ethyl adjacent to an activating group) is 1. The normalized spacial score (nSPS) is 17.9. The van der Waals surface area contributed by atoms with Crippen molar-refractivity contribution in [2.45, 2.75) is 12.8 Å². The Bertz CT molecular complexity index is 573. The fourth-order valence-electron chi connectivity index (χ4n) is 2.75. The highest BCUT2D eigenvalue weighted by Crippen LogP contribution is 2.31. The highest BCUT2D eigenvalue weighted by Gasteiger charge is 2.13. The maximum atomic E-state index is 6.23. The Morgan fingerprint density at radius 1 is 1.20 bits per heavy atom. The average molecular weight is 309 g/mol. The topological polar surface area (TPSA) is 6.48 Å². The number of hydrogen-bond acceptors (Lipinski definition) is 3. The average Bonchev–Trinajstić information content (AvgIpc) is 2.85. The third-order valence-electron chi connectivity index (χ3n) is 4.05. The van der Waals surface area contributed by atoms with Crippen LogP contribution >= 0.6 is 22.9 Å². The summed E-state index contributed by atoms with van der Waals surface area (Å²) in [6.07, 6.45) is 2.41. The Hall–Kier alpha value is -0.610. The first kappa shape index (κ1) is 14.3. The number of halogens is 1. The van der Waals surface area contributed by atoms with Crippen molar-refractivity contribution in [2.24, 2.45) is 0 Å². The minimum absolute atomic E-state index is 0.879. The van der Waals surface area contributed by atoms with E-state index in [4.69, 9.17) is 11.6 Å². The lowest BCUT2D eigenvalue weighted by Gasteiger charge is -2.32. The van der Waals surface area contributed by atoms with Crippen molar-refractivity contribution in [1.82, 2.24) is 9.80 Å². The van der Waals surface area contributed by atoms with E-state index < -0.39 is 0 Å². The van der Waals surface area contributed by atoms with E-state index in [2.05, 4.69) is 29.0 Å². The summed E-state index contributed by atoms with van der Waals surface area (Å²) in [7, 11) is 2.21. The summed E-state index contributed by atoms with van der Waals surface area (Å²) in [5.41, 5.74) is 0. The van der Waals surface area contributed by atoms with Crippen LogP contribution < -0.4 is 0 Å². The lowest BCUT2D eigenvalue weighted by atomic mass is 10.2. The second kappa shape index (κ2) is 6.44. The fraction of sp³-hybridized carbons (Fsp3) is 0.500. The SMILES string of the molecule is CN1CCN(CCCc2cc3c(Cl)cccc3s2)CC1. The van der Waals surface area contributed by atoms with Gasteiger partial charge in [0.25, 0.3) is 0 Å². The minimum atomic E-state index is 0.879. The van der Waals surface area contributed by atoms with Crippen LogP contribution in [0.1, 0.15) is 11.3 Å². The first-order valence-electron chi connectivity index (χ1n) is 7.30. The van der Waals surface area contributed by atoms with E-state index in [1.165, 1.54) is 60.5 Å². The Kier molecular flexibility index (Phi) is 4.61. The van der Waals surface area contributed by atoms with E-state index in [0.717, 1.165) is 5.02 Å². The van der Waals surface area contributed by atoms with Crippen LogP contribution in [0, 0.1) is 0 Å². The molecule has 2 aromatic rings. The van der Waals surface area contributed by atoms with E-state index in [9.17, 15) is 0 Å². The van der Waals surface area contributed by atoms with Crippen molar-refractivity contribution in [1.29, 1.82) is 0 Å². The van der Waals surface area contributed by atoms with E-state index in [1.807, 2.05) is 23.5 Å². The van der Waals surface area contributed by atoms with E-state index in [0.29, 0.717) is 0 Å². The smallest absolute Gasteiger partial charge is 0.0492 e. The van der Waals surface area contributed by atoms with E-state index >= 15 is 0 Å². The van der Waals surface area contributed by atoms with Crippen molar-refractivity contribution in [3.8, 4) is 0 Å². The van der Waals surface area contributed by atoms with Crippen molar-refractivity contribution < 1.29 is 0 Å². The number of aryl methyl sites for hydroxylation is 1. The number of benzene rings is 1. The molecule has 0 amide bonds. The highest BCUT2D eigenvalue weighted by atomic mass is 35.5. The monoisotopic (exact) mass is 308 g/mol. The minimum Gasteiger partial charge on any atom is -0.304 e. The first-order valence-corrected chi connectivity index (χ1v) is 8.49. The molecule has 1 aromatic carbocycles. The molecule has 4 heteroatoms. The van der Waals surface area contributed by atoms with Gasteiger partial charge in [0.15, 0.2) is 0 Å². The predicted molar refractivity (Wildman–Crippen MR) is 89.1 cm³/mol. The molecule has 0 radical (unpaired) electrons. The summed E-state index contributed by atoms with van der Waals surface area (Å²) < 4.78 is 1.31. The van der Waals surface area contributed by atoms with Crippen molar-refractivity contribution >= 4 is 33.0 Å². The molecule has 108 valence electrons. The zero-order valence-corrected chi connectivity index (χ0v) is 13.5. The lowest BCUT2D eigenvalue weighted by Crippen LogP contribution is -2.44. The van der Waals surface area contributed by atoms with E-state index in [-0.39, 0.29) is 0 Å². The number of fused-ring (bicyclic) bond motifs is 1. The van der Waals surface area contributed by atoms with Crippen LogP contribution in [0.5, 0.6) is 0 Å². The molecule has 1 aliphatic rings. The summed E-state index contributed by atoms with van der Waals surface area (Å²) in [5, 5.41) is 2.10. The Balaban J connectivity index is 1.53. The van der Waals surface area contributed by atoms with Gasteiger partial charge in [0.1, 0.15) is 0 Å². The summed E-state index contributed by atoms with van der Waals surface area (Å²) >= 11 is 8.12. The maximum absolute atomic E-state index is 6.23. The van der Waals surface area contributed by atoms with Gasteiger partial charge < -0.3 is 9.80 Å². The van der Waals surface area contributed by atoms with Gasteiger partial charge in [0.2, 0.25) is 0 Å². The van der Waals surface area contributed by atoms with Crippen molar-refractivity contribution in [2.75, 3.05) is 39.8 Å². The molecule has 3 rings (SSSR count). The largest absolute Gasteiger partial charge is 0.304 e. The number of piperazine rings is 1. The van der Waals surface area contributed by atoms with Gasteiger partial charge in [0, 0.05) is 46.2 Å². The number of nitrogens with zero attached hydrogens (tertiary/aromatic N) is 2. The molecule has 2 heterocycles. The van der Waals surface area contributed by atoms with Crippen LogP contribution in [0.4, 0.5) is 0 Å². The second-order valence-corrected chi connectivity index (χ2v) is 7.19. The molecule has 0 aliphatic carbocycles. The molecular weight excluding hydrogens is 288 g/mol. The van der Waals surface area contributed by atoms with Crippen LogP contribution in [0.2, 0.25) is 5.02 Å². The van der Waals surface area contributed by atoms with Crippen molar-refractivity contribution in [3.63, 3.8) is 0 Å². The summed E-state index contributed by atoms with van der Waals surface area (Å²) in [5.74, 6) is 0. The van der Waals surface area contributed by atoms with Gasteiger partial charge in [-0.2, -0.15) is 0 Å². The van der Waals surface area contributed by atoms with Gasteiger partial charge in [-0.25, -0.2) is 0 Å². The van der Waals surface area contributed by atoms with Crippen LogP contribution in [0.15, 0.2) is 24.3 Å². The molecule has 0 atom stereocenters. The summed E-state index contributed by atoms with van der Waals surface area (Å²) in [6.45, 7) is 6.07. The summed E-state index contributed by atoms with van der Waals surface area (Å²) in [4.78, 5) is 6.45. The Labute approximate surface area is 129 Å². The predicted octanol–water partition coefficient (Wildman–Crippen LogP) is 3.73. The molecule has 1 aromatic heterocycles. The van der Waals surface area contributed by atoms with Gasteiger partial charge >= 0.3 is 0 Å². The van der Waals surface area contributed by atoms with Crippen LogP contribution in [0.3, 0.4) is 0 Å². The third kappa shape index (κ3) is 3.34. The third-order valence-corrected chi connectivity index (χ3v) is 5.54. The van der Waals surface area contributed by atoms with Crippen LogP contribution in [-0.2, 0) is 6.42 Å². The molecule has 0 saturated carbocycles. The zero-order chi connectivity index (χ0) is 13.9. The Morgan fingerprint density at radius 3 is 2.75 bits per heavy atom. The van der Waals surface area contributed by atoms with Crippen LogP contribution in [0.25, 0.3) is 10.1 Å². The summed E-state index contributed by atoms with van der Waals surface area (Å²) in [6, 6.07) is 8.45.